The number of aryl methyl sites for hydroxylation is 3. The average molecular weight is 527 g/mol. The minimum Gasteiger partial charge on any atom is -0.493 e. The summed E-state index contributed by atoms with van der Waals surface area (Å²) in [5.74, 6) is 1.80. The smallest absolute Gasteiger partial charge is 0.240 e. The van der Waals surface area contributed by atoms with Gasteiger partial charge in [-0.2, -0.15) is 0 Å². The Balaban J connectivity index is 1.49. The van der Waals surface area contributed by atoms with Crippen molar-refractivity contribution in [3.63, 3.8) is 0 Å². The number of anilines is 2. The molecule has 0 bridgehead atoms. The molecule has 202 valence electrons. The molecule has 0 atom stereocenters. The van der Waals surface area contributed by atoms with Crippen LogP contribution in [0.2, 0.25) is 0 Å². The Bertz CT molecular complexity index is 1440. The number of methoxy groups -OCH3 is 2. The topological polar surface area (TPSA) is 85.9 Å². The highest BCUT2D eigenvalue weighted by Crippen LogP contribution is 2.47. The van der Waals surface area contributed by atoms with E-state index in [9.17, 15) is 9.59 Å². The van der Waals surface area contributed by atoms with Crippen molar-refractivity contribution in [1.29, 1.82) is 0 Å². The first-order valence-corrected chi connectivity index (χ1v) is 12.7. The van der Waals surface area contributed by atoms with Crippen molar-refractivity contribution >= 4 is 28.9 Å². The minimum absolute atomic E-state index is 0.286. The zero-order chi connectivity index (χ0) is 28.2. The lowest BCUT2D eigenvalue weighted by molar-refractivity contribution is -0.131. The molecule has 1 fully saturated rings. The van der Waals surface area contributed by atoms with Crippen LogP contribution in [0.25, 0.3) is 5.76 Å². The van der Waals surface area contributed by atoms with Crippen LogP contribution in [0.1, 0.15) is 35.1 Å². The summed E-state index contributed by atoms with van der Waals surface area (Å²) < 4.78 is 17.1. The fourth-order valence-corrected chi connectivity index (χ4v) is 4.31. The first-order valence-electron chi connectivity index (χ1n) is 12.7. The summed E-state index contributed by atoms with van der Waals surface area (Å²) in [6, 6.07) is 16.7. The monoisotopic (exact) mass is 526 g/mol. The molecule has 0 heterocycles. The Labute approximate surface area is 229 Å². The van der Waals surface area contributed by atoms with Gasteiger partial charge in [0.2, 0.25) is 11.8 Å². The molecular weight excluding hydrogens is 492 g/mol. The molecular formula is C32H34N2O5. The van der Waals surface area contributed by atoms with Crippen molar-refractivity contribution in [2.75, 3.05) is 24.9 Å². The zero-order valence-electron chi connectivity index (χ0n) is 23.0. The Morgan fingerprint density at radius 3 is 2.08 bits per heavy atom. The molecule has 0 aliphatic heterocycles. The number of hydrogen-bond donors (Lipinski definition) is 2. The highest BCUT2D eigenvalue weighted by atomic mass is 16.5. The Morgan fingerprint density at radius 1 is 0.846 bits per heavy atom. The van der Waals surface area contributed by atoms with E-state index in [0.717, 1.165) is 22.3 Å². The largest absolute Gasteiger partial charge is 0.493 e. The number of benzene rings is 3. The van der Waals surface area contributed by atoms with Crippen molar-refractivity contribution in [2.24, 2.45) is 5.41 Å². The Morgan fingerprint density at radius 2 is 1.49 bits per heavy atom. The molecule has 1 aliphatic carbocycles. The lowest BCUT2D eigenvalue weighted by atomic mass is 10.0. The third-order valence-electron chi connectivity index (χ3n) is 6.87. The second-order valence-electron chi connectivity index (χ2n) is 9.72. The van der Waals surface area contributed by atoms with E-state index in [-0.39, 0.29) is 11.8 Å². The summed E-state index contributed by atoms with van der Waals surface area (Å²) >= 11 is 0. The third-order valence-corrected chi connectivity index (χ3v) is 6.87. The van der Waals surface area contributed by atoms with Crippen LogP contribution in [0.5, 0.6) is 17.2 Å². The fourth-order valence-electron chi connectivity index (χ4n) is 4.31. The Hall–Kier alpha value is -4.52. The summed E-state index contributed by atoms with van der Waals surface area (Å²) in [5, 5.41) is 5.83. The lowest BCUT2D eigenvalue weighted by Crippen LogP contribution is -2.35. The van der Waals surface area contributed by atoms with Gasteiger partial charge in [0.1, 0.15) is 16.9 Å². The van der Waals surface area contributed by atoms with Crippen molar-refractivity contribution in [1.82, 2.24) is 0 Å². The van der Waals surface area contributed by atoms with Gasteiger partial charge in [-0.1, -0.05) is 30.4 Å². The number of carbonyl (C=O) groups is 2. The van der Waals surface area contributed by atoms with Gasteiger partial charge in [0.05, 0.1) is 14.2 Å². The van der Waals surface area contributed by atoms with Crippen LogP contribution in [0.4, 0.5) is 11.4 Å². The zero-order valence-corrected chi connectivity index (χ0v) is 23.0. The van der Waals surface area contributed by atoms with Crippen LogP contribution < -0.4 is 24.8 Å². The van der Waals surface area contributed by atoms with Gasteiger partial charge in [-0.3, -0.25) is 9.59 Å². The van der Waals surface area contributed by atoms with Crippen LogP contribution in [0.3, 0.4) is 0 Å². The van der Waals surface area contributed by atoms with Crippen molar-refractivity contribution in [3.8, 4) is 17.2 Å². The van der Waals surface area contributed by atoms with Crippen LogP contribution in [-0.4, -0.2) is 26.0 Å². The molecule has 1 aliphatic rings. The van der Waals surface area contributed by atoms with E-state index >= 15 is 0 Å². The maximum Gasteiger partial charge on any atom is 0.240 e. The number of hydrogen-bond acceptors (Lipinski definition) is 5. The number of ether oxygens (including phenoxy) is 3. The first kappa shape index (κ1) is 27.5. The SMILES string of the molecule is C=C/C=C(/Oc1ccc(NC(=O)C2(C(=O)Nc3ccc(C)cc3)CC2)c(C)c1)c1cc(OC)c(OC)cc1C. The van der Waals surface area contributed by atoms with E-state index in [0.29, 0.717) is 47.2 Å². The van der Waals surface area contributed by atoms with E-state index in [1.54, 1.807) is 38.5 Å². The van der Waals surface area contributed by atoms with Crippen molar-refractivity contribution in [2.45, 2.75) is 33.6 Å². The van der Waals surface area contributed by atoms with Crippen molar-refractivity contribution < 1.29 is 23.8 Å². The van der Waals surface area contributed by atoms with Crippen LogP contribution in [0.15, 0.2) is 73.3 Å². The van der Waals surface area contributed by atoms with Crippen molar-refractivity contribution in [3.05, 3.63) is 95.6 Å². The molecule has 0 spiro atoms. The summed E-state index contributed by atoms with van der Waals surface area (Å²) in [6.07, 6.45) is 4.46. The maximum absolute atomic E-state index is 13.2. The van der Waals surface area contributed by atoms with Gasteiger partial charge in [-0.05, 0) is 93.3 Å². The molecule has 3 aromatic carbocycles. The molecule has 0 radical (unpaired) electrons. The van der Waals surface area contributed by atoms with E-state index < -0.39 is 5.41 Å². The van der Waals surface area contributed by atoms with Crippen LogP contribution in [-0.2, 0) is 9.59 Å². The molecule has 39 heavy (non-hydrogen) atoms. The molecule has 2 amide bonds. The Kier molecular flexibility index (Phi) is 8.10. The van der Waals surface area contributed by atoms with E-state index in [1.807, 2.05) is 63.2 Å². The molecule has 0 unspecified atom stereocenters. The maximum atomic E-state index is 13.2. The van der Waals surface area contributed by atoms with Gasteiger partial charge < -0.3 is 24.8 Å². The second-order valence-corrected chi connectivity index (χ2v) is 9.72. The van der Waals surface area contributed by atoms with Gasteiger partial charge in [-0.25, -0.2) is 0 Å². The third kappa shape index (κ3) is 5.98. The summed E-state index contributed by atoms with van der Waals surface area (Å²) in [6.45, 7) is 9.64. The van der Waals surface area contributed by atoms with Gasteiger partial charge in [0, 0.05) is 16.9 Å². The van der Waals surface area contributed by atoms with E-state index in [2.05, 4.69) is 17.2 Å². The van der Waals surface area contributed by atoms with Gasteiger partial charge in [0.25, 0.3) is 0 Å². The number of nitrogens with one attached hydrogen (secondary N) is 2. The second kappa shape index (κ2) is 11.5. The molecule has 2 N–H and O–H groups in total. The predicted molar refractivity (Wildman–Crippen MR) is 154 cm³/mol. The van der Waals surface area contributed by atoms with Gasteiger partial charge in [0.15, 0.2) is 11.5 Å². The first-order chi connectivity index (χ1) is 18.7. The molecule has 0 saturated heterocycles. The number of rotatable bonds is 10. The molecule has 3 aromatic rings. The molecule has 0 aromatic heterocycles. The minimum atomic E-state index is -1.06. The lowest BCUT2D eigenvalue weighted by Gasteiger charge is -2.18. The fraction of sp³-hybridized carbons (Fsp3) is 0.250. The van der Waals surface area contributed by atoms with Gasteiger partial charge >= 0.3 is 0 Å². The molecule has 4 rings (SSSR count). The summed E-state index contributed by atoms with van der Waals surface area (Å²) in [7, 11) is 3.18. The normalized spacial score (nSPS) is 13.7. The molecule has 7 heteroatoms. The van der Waals surface area contributed by atoms with Crippen LogP contribution in [0, 0.1) is 26.2 Å². The standard InChI is InChI=1S/C32H34N2O5/c1-7-8-27(25-19-29(38-6)28(37-5)18-21(25)3)39-24-13-14-26(22(4)17-24)34-31(36)32(15-16-32)30(35)33-23-11-9-20(2)10-12-23/h7-14,17-19H,1,15-16H2,2-6H3,(H,33,35)(H,34,36)/b27-8+. The summed E-state index contributed by atoms with van der Waals surface area (Å²) in [5.41, 5.74) is 3.92. The average Bonchev–Trinajstić information content (AvgIpc) is 3.73. The number of carbonyl (C=O) groups excluding carboxylic acids is 2. The number of amides is 2. The van der Waals surface area contributed by atoms with Crippen LogP contribution >= 0.6 is 0 Å². The molecule has 7 nitrogen and oxygen atoms in total. The predicted octanol–water partition coefficient (Wildman–Crippen LogP) is 6.59. The van der Waals surface area contributed by atoms with Gasteiger partial charge in [-0.15, -0.1) is 0 Å². The number of allylic oxidation sites excluding steroid dienone is 2. The highest BCUT2D eigenvalue weighted by molar-refractivity contribution is 6.17. The quantitative estimate of drug-likeness (QED) is 0.177. The summed E-state index contributed by atoms with van der Waals surface area (Å²) in [4.78, 5) is 26.1. The molecule has 1 saturated carbocycles. The highest BCUT2D eigenvalue weighted by Gasteiger charge is 2.56. The van der Waals surface area contributed by atoms with E-state index in [1.165, 1.54) is 0 Å². The van der Waals surface area contributed by atoms with E-state index in [4.69, 9.17) is 14.2 Å².